The van der Waals surface area contributed by atoms with Crippen LogP contribution >= 0.6 is 0 Å². The molecular weight excluding hydrogens is 320 g/mol. The molecule has 2 unspecified atom stereocenters. The minimum Gasteiger partial charge on any atom is -0.398 e. The van der Waals surface area contributed by atoms with Crippen LogP contribution in [0.15, 0.2) is 0 Å². The second-order valence-corrected chi connectivity index (χ2v) is 15.5. The van der Waals surface area contributed by atoms with E-state index in [0.717, 1.165) is 11.7 Å². The summed E-state index contributed by atoms with van der Waals surface area (Å²) in [6.45, 7) is 21.4. The first kappa shape index (κ1) is 21.3. The van der Waals surface area contributed by atoms with Gasteiger partial charge in [0, 0.05) is 51.6 Å². The summed E-state index contributed by atoms with van der Waals surface area (Å²) < 4.78 is 11.4. The summed E-state index contributed by atoms with van der Waals surface area (Å²) in [4.78, 5) is 5.44. The average molecular weight is 361 g/mol. The van der Waals surface area contributed by atoms with Crippen molar-refractivity contribution in [2.75, 3.05) is 40.4 Å². The number of nitrogens with zero attached hydrogens (tertiary/aromatic N) is 2. The lowest BCUT2D eigenvalue weighted by Gasteiger charge is -2.49. The Labute approximate surface area is 147 Å². The van der Waals surface area contributed by atoms with Gasteiger partial charge in [0.25, 0.3) is 0 Å². The van der Waals surface area contributed by atoms with Crippen molar-refractivity contribution in [1.29, 1.82) is 0 Å². The van der Waals surface area contributed by atoms with Gasteiger partial charge < -0.3 is 13.8 Å². The maximum absolute atomic E-state index is 5.68. The maximum Gasteiger partial charge on any atom is 0.334 e. The molecule has 1 aliphatic rings. The Morgan fingerprint density at radius 2 is 1.74 bits per heavy atom. The van der Waals surface area contributed by atoms with Gasteiger partial charge in [-0.25, -0.2) is 0 Å². The van der Waals surface area contributed by atoms with Crippen molar-refractivity contribution in [3.8, 4) is 0 Å². The Morgan fingerprint density at radius 1 is 1.17 bits per heavy atom. The second-order valence-electron chi connectivity index (χ2n) is 8.77. The van der Waals surface area contributed by atoms with E-state index in [1.807, 2.05) is 0 Å². The molecule has 6 heteroatoms. The molecule has 0 radical (unpaired) electrons. The molecule has 138 valence electrons. The predicted molar refractivity (Wildman–Crippen MR) is 105 cm³/mol. The Hall–Kier alpha value is 0.274. The zero-order valence-corrected chi connectivity index (χ0v) is 19.1. The third-order valence-corrected chi connectivity index (χ3v) is 10.7. The van der Waals surface area contributed by atoms with Crippen molar-refractivity contribution in [1.82, 2.24) is 9.80 Å². The molecule has 0 bridgehead atoms. The van der Waals surface area contributed by atoms with Gasteiger partial charge in [-0.05, 0) is 39.3 Å². The van der Waals surface area contributed by atoms with Crippen LogP contribution in [0.3, 0.4) is 0 Å². The van der Waals surface area contributed by atoms with Gasteiger partial charge in [-0.1, -0.05) is 20.0 Å². The smallest absolute Gasteiger partial charge is 0.334 e. The van der Waals surface area contributed by atoms with Gasteiger partial charge in [-0.3, -0.25) is 4.90 Å². The van der Waals surface area contributed by atoms with Crippen LogP contribution in [0, 0.1) is 5.92 Å². The molecule has 23 heavy (non-hydrogen) atoms. The summed E-state index contributed by atoms with van der Waals surface area (Å²) in [6, 6.07) is 1.08. The molecule has 0 N–H and O–H groups in total. The largest absolute Gasteiger partial charge is 0.398 e. The van der Waals surface area contributed by atoms with Crippen molar-refractivity contribution < 1.29 is 8.85 Å². The van der Waals surface area contributed by atoms with E-state index in [2.05, 4.69) is 57.1 Å². The quantitative estimate of drug-likeness (QED) is 0.652. The van der Waals surface area contributed by atoms with Crippen molar-refractivity contribution in [2.24, 2.45) is 5.92 Å². The van der Waals surface area contributed by atoms with Crippen molar-refractivity contribution in [2.45, 2.75) is 64.6 Å². The molecule has 1 fully saturated rings. The topological polar surface area (TPSA) is 24.9 Å². The van der Waals surface area contributed by atoms with E-state index in [4.69, 9.17) is 8.85 Å². The molecule has 0 saturated carbocycles. The van der Waals surface area contributed by atoms with Crippen LogP contribution in [0.5, 0.6) is 0 Å². The lowest BCUT2D eigenvalue weighted by atomic mass is 10.0. The van der Waals surface area contributed by atoms with Crippen LogP contribution < -0.4 is 0 Å². The minimum absolute atomic E-state index is 0.289. The summed E-state index contributed by atoms with van der Waals surface area (Å²) in [5.74, 6) is 0.628. The van der Waals surface area contributed by atoms with Gasteiger partial charge in [0.1, 0.15) is 0 Å². The zero-order chi connectivity index (χ0) is 17.8. The number of piperazine rings is 1. The Bertz CT molecular complexity index is 357. The first-order valence-corrected chi connectivity index (χ1v) is 14.6. The molecule has 0 aliphatic carbocycles. The first-order chi connectivity index (χ1) is 10.5. The lowest BCUT2D eigenvalue weighted by molar-refractivity contribution is 0.0408. The molecule has 2 atom stereocenters. The molecule has 0 aromatic heterocycles. The number of hydrogen-bond acceptors (Lipinski definition) is 4. The Balaban J connectivity index is 2.68. The van der Waals surface area contributed by atoms with Crippen LogP contribution in [0.25, 0.3) is 0 Å². The number of rotatable bonds is 7. The molecule has 1 saturated heterocycles. The van der Waals surface area contributed by atoms with Crippen molar-refractivity contribution in [3.63, 3.8) is 0 Å². The lowest BCUT2D eigenvalue weighted by Crippen LogP contribution is -2.62. The van der Waals surface area contributed by atoms with E-state index >= 15 is 0 Å². The van der Waals surface area contributed by atoms with E-state index in [9.17, 15) is 0 Å². The zero-order valence-electron chi connectivity index (χ0n) is 17.0. The van der Waals surface area contributed by atoms with Gasteiger partial charge in [0.05, 0.1) is 8.80 Å². The molecule has 0 aromatic carbocycles. The fourth-order valence-corrected chi connectivity index (χ4v) is 7.35. The summed E-state index contributed by atoms with van der Waals surface area (Å²) in [5.41, 5.74) is 1.07. The summed E-state index contributed by atoms with van der Waals surface area (Å²) in [6.07, 6.45) is 0. The summed E-state index contributed by atoms with van der Waals surface area (Å²) >= 11 is 0. The number of hydrogen-bond donors (Lipinski definition) is 0. The fourth-order valence-electron chi connectivity index (χ4n) is 3.66. The van der Waals surface area contributed by atoms with Crippen LogP contribution in [0.2, 0.25) is 25.7 Å². The molecule has 1 aliphatic heterocycles. The van der Waals surface area contributed by atoms with Gasteiger partial charge >= 0.3 is 8.56 Å². The van der Waals surface area contributed by atoms with Crippen LogP contribution in [0.1, 0.15) is 27.7 Å². The molecule has 1 heterocycles. The summed E-state index contributed by atoms with van der Waals surface area (Å²) in [7, 11) is 0.923. The maximum atomic E-state index is 5.68. The Kier molecular flexibility index (Phi) is 7.95. The SMILES string of the molecule is CO[Si](C)(CC(C)CN1CCN(C(C)(C)C)CC1[SiH](C)C)OC. The van der Waals surface area contributed by atoms with Crippen LogP contribution in [-0.4, -0.2) is 78.8 Å². The van der Waals surface area contributed by atoms with Gasteiger partial charge in [-0.2, -0.15) is 0 Å². The van der Waals surface area contributed by atoms with Gasteiger partial charge in [0.15, 0.2) is 0 Å². The van der Waals surface area contributed by atoms with Crippen LogP contribution in [-0.2, 0) is 8.85 Å². The molecular formula is C17H40N2O2Si2. The third kappa shape index (κ3) is 6.25. The molecule has 0 aromatic rings. The van der Waals surface area contributed by atoms with Crippen LogP contribution in [0.4, 0.5) is 0 Å². The first-order valence-electron chi connectivity index (χ1n) is 9.12. The Morgan fingerprint density at radius 3 is 2.17 bits per heavy atom. The highest BCUT2D eigenvalue weighted by atomic mass is 28.4. The van der Waals surface area contributed by atoms with E-state index in [1.165, 1.54) is 26.2 Å². The van der Waals surface area contributed by atoms with Crippen molar-refractivity contribution in [3.05, 3.63) is 0 Å². The highest BCUT2D eigenvalue weighted by Crippen LogP contribution is 2.24. The highest BCUT2D eigenvalue weighted by Gasteiger charge is 2.36. The highest BCUT2D eigenvalue weighted by molar-refractivity contribution is 6.66. The molecule has 0 amide bonds. The second kappa shape index (κ2) is 8.58. The van der Waals surface area contributed by atoms with E-state index in [-0.39, 0.29) is 5.54 Å². The average Bonchev–Trinajstić information content (AvgIpc) is 2.45. The minimum atomic E-state index is -1.96. The molecule has 0 spiro atoms. The molecule has 4 nitrogen and oxygen atoms in total. The monoisotopic (exact) mass is 360 g/mol. The van der Waals surface area contributed by atoms with Gasteiger partial charge in [-0.15, -0.1) is 0 Å². The standard InChI is InChI=1S/C17H40N2O2Si2/c1-15(14-23(9,20-5)21-6)12-18-10-11-19(17(2,3)4)13-16(18)22(7)8/h15-16,22H,10-14H2,1-9H3. The van der Waals surface area contributed by atoms with E-state index in [0.29, 0.717) is 5.92 Å². The fraction of sp³-hybridized carbons (Fsp3) is 1.00. The third-order valence-electron chi connectivity index (χ3n) is 5.38. The normalized spacial score (nSPS) is 23.5. The van der Waals surface area contributed by atoms with E-state index < -0.39 is 17.4 Å². The molecule has 1 rings (SSSR count). The predicted octanol–water partition coefficient (Wildman–Crippen LogP) is 2.80. The summed E-state index contributed by atoms with van der Waals surface area (Å²) in [5, 5.41) is 0. The van der Waals surface area contributed by atoms with Crippen molar-refractivity contribution >= 4 is 17.4 Å². The van der Waals surface area contributed by atoms with Gasteiger partial charge in [0.2, 0.25) is 0 Å². The van der Waals surface area contributed by atoms with E-state index in [1.54, 1.807) is 14.2 Å².